The summed E-state index contributed by atoms with van der Waals surface area (Å²) in [6, 6.07) is 4.17. The summed E-state index contributed by atoms with van der Waals surface area (Å²) >= 11 is 1.74. The van der Waals surface area contributed by atoms with Gasteiger partial charge in [-0.2, -0.15) is 0 Å². The maximum atomic E-state index is 5.82. The molecule has 1 saturated heterocycles. The van der Waals surface area contributed by atoms with Crippen LogP contribution in [0.1, 0.15) is 37.2 Å². The van der Waals surface area contributed by atoms with Crippen molar-refractivity contribution in [3.05, 3.63) is 22.4 Å². The standard InChI is InChI=1S/C11H16O2S/c1-9(10-5-4-8-14-10)13-11-6-2-3-7-12-11/h4-5,8-9,11H,2-3,6-7H2,1H3. The van der Waals surface area contributed by atoms with Crippen LogP contribution in [0.5, 0.6) is 0 Å². The third kappa shape index (κ3) is 2.56. The molecule has 0 N–H and O–H groups in total. The van der Waals surface area contributed by atoms with Crippen LogP contribution in [-0.4, -0.2) is 12.9 Å². The zero-order valence-corrected chi connectivity index (χ0v) is 9.26. The number of thiophene rings is 1. The fourth-order valence-electron chi connectivity index (χ4n) is 1.64. The summed E-state index contributed by atoms with van der Waals surface area (Å²) in [5.41, 5.74) is 0. The Kier molecular flexibility index (Phi) is 3.56. The Morgan fingerprint density at radius 2 is 2.50 bits per heavy atom. The lowest BCUT2D eigenvalue weighted by Crippen LogP contribution is -2.23. The highest BCUT2D eigenvalue weighted by atomic mass is 32.1. The van der Waals surface area contributed by atoms with Crippen LogP contribution in [0, 0.1) is 0 Å². The van der Waals surface area contributed by atoms with Gasteiger partial charge in [-0.3, -0.25) is 0 Å². The van der Waals surface area contributed by atoms with E-state index in [-0.39, 0.29) is 12.4 Å². The van der Waals surface area contributed by atoms with Crippen molar-refractivity contribution in [2.75, 3.05) is 6.61 Å². The Hall–Kier alpha value is -0.380. The number of ether oxygens (including phenoxy) is 2. The predicted octanol–water partition coefficient (Wildman–Crippen LogP) is 3.35. The van der Waals surface area contributed by atoms with Crippen molar-refractivity contribution in [2.24, 2.45) is 0 Å². The van der Waals surface area contributed by atoms with Gasteiger partial charge in [0.2, 0.25) is 0 Å². The normalized spacial score (nSPS) is 24.8. The van der Waals surface area contributed by atoms with Gasteiger partial charge in [0.05, 0.1) is 6.10 Å². The Morgan fingerprint density at radius 3 is 3.14 bits per heavy atom. The van der Waals surface area contributed by atoms with Gasteiger partial charge < -0.3 is 9.47 Å². The molecule has 2 unspecified atom stereocenters. The largest absolute Gasteiger partial charge is 0.353 e. The van der Waals surface area contributed by atoms with Crippen LogP contribution in [0.15, 0.2) is 17.5 Å². The van der Waals surface area contributed by atoms with Crippen molar-refractivity contribution in [3.63, 3.8) is 0 Å². The molecule has 0 bridgehead atoms. The van der Waals surface area contributed by atoms with Crippen molar-refractivity contribution < 1.29 is 9.47 Å². The molecule has 2 rings (SSSR count). The van der Waals surface area contributed by atoms with Crippen LogP contribution >= 0.6 is 11.3 Å². The zero-order chi connectivity index (χ0) is 9.80. The first-order valence-electron chi connectivity index (χ1n) is 5.17. The van der Waals surface area contributed by atoms with Crippen molar-refractivity contribution in [2.45, 2.75) is 38.6 Å². The van der Waals surface area contributed by atoms with Gasteiger partial charge >= 0.3 is 0 Å². The fourth-order valence-corrected chi connectivity index (χ4v) is 2.35. The van der Waals surface area contributed by atoms with Gasteiger partial charge in [0, 0.05) is 11.5 Å². The van der Waals surface area contributed by atoms with Gasteiger partial charge in [-0.05, 0) is 37.6 Å². The molecule has 0 radical (unpaired) electrons. The van der Waals surface area contributed by atoms with Crippen LogP contribution in [0.4, 0.5) is 0 Å². The molecule has 1 aromatic heterocycles. The molecule has 3 heteroatoms. The molecule has 0 saturated carbocycles. The van der Waals surface area contributed by atoms with E-state index >= 15 is 0 Å². The highest BCUT2D eigenvalue weighted by Crippen LogP contribution is 2.26. The monoisotopic (exact) mass is 212 g/mol. The average Bonchev–Trinajstić information content (AvgIpc) is 2.72. The molecule has 78 valence electrons. The molecule has 2 atom stereocenters. The smallest absolute Gasteiger partial charge is 0.158 e. The van der Waals surface area contributed by atoms with Gasteiger partial charge in [0.15, 0.2) is 6.29 Å². The van der Waals surface area contributed by atoms with Crippen molar-refractivity contribution in [1.82, 2.24) is 0 Å². The predicted molar refractivity (Wildman–Crippen MR) is 57.4 cm³/mol. The van der Waals surface area contributed by atoms with E-state index < -0.39 is 0 Å². The van der Waals surface area contributed by atoms with E-state index in [2.05, 4.69) is 24.4 Å². The minimum Gasteiger partial charge on any atom is -0.353 e. The highest BCUT2D eigenvalue weighted by Gasteiger charge is 2.18. The summed E-state index contributed by atoms with van der Waals surface area (Å²) in [7, 11) is 0. The molecule has 1 aromatic rings. The van der Waals surface area contributed by atoms with Crippen LogP contribution < -0.4 is 0 Å². The van der Waals surface area contributed by atoms with Gasteiger partial charge in [-0.15, -0.1) is 11.3 Å². The Labute approximate surface area is 88.8 Å². The van der Waals surface area contributed by atoms with E-state index in [9.17, 15) is 0 Å². The molecule has 2 heterocycles. The van der Waals surface area contributed by atoms with Crippen molar-refractivity contribution >= 4 is 11.3 Å². The van der Waals surface area contributed by atoms with E-state index in [0.29, 0.717) is 0 Å². The first-order chi connectivity index (χ1) is 6.86. The second kappa shape index (κ2) is 4.91. The fraction of sp³-hybridized carbons (Fsp3) is 0.636. The lowest BCUT2D eigenvalue weighted by Gasteiger charge is -2.25. The molecule has 1 fully saturated rings. The number of hydrogen-bond donors (Lipinski definition) is 0. The van der Waals surface area contributed by atoms with Crippen molar-refractivity contribution in [1.29, 1.82) is 0 Å². The molecule has 0 spiro atoms. The van der Waals surface area contributed by atoms with E-state index in [1.165, 1.54) is 17.7 Å². The average molecular weight is 212 g/mol. The molecule has 1 aliphatic heterocycles. The molecule has 0 aliphatic carbocycles. The summed E-state index contributed by atoms with van der Waals surface area (Å²) < 4.78 is 11.4. The Balaban J connectivity index is 1.84. The third-order valence-electron chi connectivity index (χ3n) is 2.44. The topological polar surface area (TPSA) is 18.5 Å². The van der Waals surface area contributed by atoms with Gasteiger partial charge in [-0.1, -0.05) is 6.07 Å². The summed E-state index contributed by atoms with van der Waals surface area (Å²) in [6.07, 6.45) is 3.61. The van der Waals surface area contributed by atoms with Gasteiger partial charge in [0.25, 0.3) is 0 Å². The van der Waals surface area contributed by atoms with Crippen molar-refractivity contribution in [3.8, 4) is 0 Å². The first-order valence-corrected chi connectivity index (χ1v) is 6.04. The van der Waals surface area contributed by atoms with E-state index in [0.717, 1.165) is 13.0 Å². The summed E-state index contributed by atoms with van der Waals surface area (Å²) in [5, 5.41) is 2.08. The van der Waals surface area contributed by atoms with Crippen LogP contribution in [0.2, 0.25) is 0 Å². The maximum absolute atomic E-state index is 5.82. The summed E-state index contributed by atoms with van der Waals surface area (Å²) in [5.74, 6) is 0. The minimum atomic E-state index is 0.0147. The SMILES string of the molecule is CC(OC1CCCCO1)c1cccs1. The summed E-state index contributed by atoms with van der Waals surface area (Å²) in [6.45, 7) is 2.94. The molecule has 1 aliphatic rings. The maximum Gasteiger partial charge on any atom is 0.158 e. The quantitative estimate of drug-likeness (QED) is 0.765. The number of hydrogen-bond acceptors (Lipinski definition) is 3. The van der Waals surface area contributed by atoms with E-state index in [4.69, 9.17) is 9.47 Å². The zero-order valence-electron chi connectivity index (χ0n) is 8.44. The lowest BCUT2D eigenvalue weighted by molar-refractivity contribution is -0.185. The van der Waals surface area contributed by atoms with Crippen LogP contribution in [0.25, 0.3) is 0 Å². The van der Waals surface area contributed by atoms with E-state index in [1.54, 1.807) is 11.3 Å². The third-order valence-corrected chi connectivity index (χ3v) is 3.47. The molecule has 0 aromatic carbocycles. The molecule has 2 nitrogen and oxygen atoms in total. The number of rotatable bonds is 3. The molecule has 0 amide bonds. The molecule has 14 heavy (non-hydrogen) atoms. The second-order valence-corrected chi connectivity index (χ2v) is 4.57. The van der Waals surface area contributed by atoms with Crippen LogP contribution in [0.3, 0.4) is 0 Å². The second-order valence-electron chi connectivity index (χ2n) is 3.59. The first kappa shape index (κ1) is 10.1. The molecular weight excluding hydrogens is 196 g/mol. The van der Waals surface area contributed by atoms with Gasteiger partial charge in [0.1, 0.15) is 0 Å². The van der Waals surface area contributed by atoms with E-state index in [1.807, 2.05) is 0 Å². The molecular formula is C11H16O2S. The Morgan fingerprint density at radius 1 is 1.57 bits per heavy atom. The van der Waals surface area contributed by atoms with Crippen LogP contribution in [-0.2, 0) is 9.47 Å². The highest BCUT2D eigenvalue weighted by molar-refractivity contribution is 7.10. The Bertz CT molecular complexity index is 252. The van der Waals surface area contributed by atoms with Gasteiger partial charge in [-0.25, -0.2) is 0 Å². The minimum absolute atomic E-state index is 0.0147. The summed E-state index contributed by atoms with van der Waals surface area (Å²) in [4.78, 5) is 1.28. The lowest BCUT2D eigenvalue weighted by atomic mass is 10.2.